The van der Waals surface area contributed by atoms with Gasteiger partial charge in [-0.25, -0.2) is 5.43 Å². The summed E-state index contributed by atoms with van der Waals surface area (Å²) in [7, 11) is 3.25. The summed E-state index contributed by atoms with van der Waals surface area (Å²) in [6.07, 6.45) is 0. The van der Waals surface area contributed by atoms with Gasteiger partial charge < -0.3 is 9.47 Å². The number of hydrogen-bond acceptors (Lipinski definition) is 4. The van der Waals surface area contributed by atoms with Crippen molar-refractivity contribution in [2.75, 3.05) is 14.2 Å². The Kier molecular flexibility index (Phi) is 5.88. The highest BCUT2D eigenvalue weighted by Crippen LogP contribution is 2.21. The molecule has 0 aliphatic rings. The fourth-order valence-electron chi connectivity index (χ4n) is 2.13. The number of nitrogens with one attached hydrogen (secondary N) is 1. The predicted octanol–water partition coefficient (Wildman–Crippen LogP) is 3.00. The van der Waals surface area contributed by atoms with Crippen LogP contribution in [0, 0.1) is 0 Å². The Hall–Kier alpha value is -2.66. The fourth-order valence-corrected chi connectivity index (χ4v) is 2.13. The molecule has 0 bridgehead atoms. The first kappa shape index (κ1) is 16.7. The minimum absolute atomic E-state index is 0.240. The molecule has 2 aromatic rings. The third-order valence-corrected chi connectivity index (χ3v) is 3.36. The number of carbonyl (C=O) groups is 1. The lowest BCUT2D eigenvalue weighted by molar-refractivity contribution is 0.0955. The number of rotatable bonds is 6. The molecule has 0 fully saturated rings. The monoisotopic (exact) mass is 312 g/mol. The first-order chi connectivity index (χ1) is 11.2. The topological polar surface area (TPSA) is 59.9 Å². The van der Waals surface area contributed by atoms with Crippen molar-refractivity contribution in [1.29, 1.82) is 0 Å². The first-order valence-electron chi connectivity index (χ1n) is 7.21. The van der Waals surface area contributed by atoms with Crippen LogP contribution in [0.4, 0.5) is 0 Å². The molecule has 1 amide bonds. The number of carbonyl (C=O) groups excluding carboxylic acids is 1. The Balaban J connectivity index is 2.14. The highest BCUT2D eigenvalue weighted by molar-refractivity contribution is 6.01. The first-order valence-corrected chi connectivity index (χ1v) is 7.21. The average Bonchev–Trinajstić information content (AvgIpc) is 2.60. The Labute approximate surface area is 135 Å². The largest absolute Gasteiger partial charge is 0.496 e. The van der Waals surface area contributed by atoms with Crippen LogP contribution in [0.25, 0.3) is 0 Å². The zero-order valence-electron chi connectivity index (χ0n) is 13.5. The summed E-state index contributed by atoms with van der Waals surface area (Å²) in [6, 6.07) is 14.7. The maximum absolute atomic E-state index is 12.0. The number of hydrazone groups is 1. The molecule has 0 aliphatic carbocycles. The number of methoxy groups -OCH3 is 2. The van der Waals surface area contributed by atoms with Crippen LogP contribution in [0.15, 0.2) is 53.6 Å². The van der Waals surface area contributed by atoms with Crippen LogP contribution in [-0.4, -0.2) is 25.8 Å². The number of hydrogen-bond donors (Lipinski definition) is 1. The molecule has 0 aromatic heterocycles. The SMILES string of the molecule is COCc1cc(/C(C)=N\NC(=O)c2ccccc2)ccc1OC. The van der Waals surface area contributed by atoms with E-state index >= 15 is 0 Å². The van der Waals surface area contributed by atoms with Gasteiger partial charge in [-0.2, -0.15) is 5.10 Å². The molecule has 5 heteroatoms. The summed E-state index contributed by atoms with van der Waals surface area (Å²) < 4.78 is 10.5. The molecule has 0 heterocycles. The van der Waals surface area contributed by atoms with Crippen molar-refractivity contribution in [3.63, 3.8) is 0 Å². The molecule has 120 valence electrons. The molecule has 23 heavy (non-hydrogen) atoms. The molecule has 2 rings (SSSR count). The van der Waals surface area contributed by atoms with Gasteiger partial charge in [-0.1, -0.05) is 18.2 Å². The van der Waals surface area contributed by atoms with E-state index in [4.69, 9.17) is 9.47 Å². The second-order valence-corrected chi connectivity index (χ2v) is 4.96. The minimum atomic E-state index is -0.240. The van der Waals surface area contributed by atoms with Gasteiger partial charge in [0.2, 0.25) is 0 Å². The van der Waals surface area contributed by atoms with Gasteiger partial charge in [0.25, 0.3) is 5.91 Å². The lowest BCUT2D eigenvalue weighted by atomic mass is 10.1. The zero-order valence-corrected chi connectivity index (χ0v) is 13.5. The second-order valence-electron chi connectivity index (χ2n) is 4.96. The van der Waals surface area contributed by atoms with Crippen molar-refractivity contribution in [1.82, 2.24) is 5.43 Å². The highest BCUT2D eigenvalue weighted by atomic mass is 16.5. The second kappa shape index (κ2) is 8.10. The van der Waals surface area contributed by atoms with Gasteiger partial charge in [0.1, 0.15) is 5.75 Å². The molecule has 0 saturated carbocycles. The lowest BCUT2D eigenvalue weighted by Crippen LogP contribution is -2.19. The molecule has 0 unspecified atom stereocenters. The molecular weight excluding hydrogens is 292 g/mol. The van der Waals surface area contributed by atoms with Crippen LogP contribution in [0.3, 0.4) is 0 Å². The quantitative estimate of drug-likeness (QED) is 0.659. The number of benzene rings is 2. The summed E-state index contributed by atoms with van der Waals surface area (Å²) in [6.45, 7) is 2.28. The summed E-state index contributed by atoms with van der Waals surface area (Å²) in [5, 5.41) is 4.16. The van der Waals surface area contributed by atoms with Gasteiger partial charge in [-0.3, -0.25) is 4.79 Å². The van der Waals surface area contributed by atoms with E-state index in [1.807, 2.05) is 43.3 Å². The van der Waals surface area contributed by atoms with Crippen LogP contribution in [0.5, 0.6) is 5.75 Å². The zero-order chi connectivity index (χ0) is 16.7. The minimum Gasteiger partial charge on any atom is -0.496 e. The smallest absolute Gasteiger partial charge is 0.271 e. The molecule has 0 saturated heterocycles. The lowest BCUT2D eigenvalue weighted by Gasteiger charge is -2.10. The van der Waals surface area contributed by atoms with E-state index in [1.54, 1.807) is 26.4 Å². The maximum atomic E-state index is 12.0. The van der Waals surface area contributed by atoms with E-state index in [1.165, 1.54) is 0 Å². The maximum Gasteiger partial charge on any atom is 0.271 e. The normalized spacial score (nSPS) is 11.2. The number of amides is 1. The summed E-state index contributed by atoms with van der Waals surface area (Å²) in [4.78, 5) is 12.0. The van der Waals surface area contributed by atoms with E-state index in [0.717, 1.165) is 16.9 Å². The van der Waals surface area contributed by atoms with Crippen molar-refractivity contribution in [3.05, 3.63) is 65.2 Å². The standard InChI is InChI=1S/C18H20N2O3/c1-13(19-20-18(21)14-7-5-4-6-8-14)15-9-10-17(23-3)16(11-15)12-22-2/h4-11H,12H2,1-3H3,(H,20,21)/b19-13-. The van der Waals surface area contributed by atoms with Crippen LogP contribution in [0.1, 0.15) is 28.4 Å². The van der Waals surface area contributed by atoms with Crippen LogP contribution in [0.2, 0.25) is 0 Å². The predicted molar refractivity (Wildman–Crippen MR) is 89.8 cm³/mol. The Morgan fingerprint density at radius 3 is 2.48 bits per heavy atom. The molecule has 1 N–H and O–H groups in total. The molecular formula is C18H20N2O3. The van der Waals surface area contributed by atoms with E-state index in [0.29, 0.717) is 17.9 Å². The van der Waals surface area contributed by atoms with Crippen molar-refractivity contribution in [3.8, 4) is 5.75 Å². The van der Waals surface area contributed by atoms with Crippen LogP contribution in [-0.2, 0) is 11.3 Å². The third-order valence-electron chi connectivity index (χ3n) is 3.36. The van der Waals surface area contributed by atoms with Gasteiger partial charge in [0.15, 0.2) is 0 Å². The van der Waals surface area contributed by atoms with Crippen molar-refractivity contribution in [2.45, 2.75) is 13.5 Å². The summed E-state index contributed by atoms with van der Waals surface area (Å²) >= 11 is 0. The van der Waals surface area contributed by atoms with Crippen LogP contribution < -0.4 is 10.2 Å². The molecule has 0 radical (unpaired) electrons. The summed E-state index contributed by atoms with van der Waals surface area (Å²) in [5.41, 5.74) is 5.66. The van der Waals surface area contributed by atoms with Crippen molar-refractivity contribution < 1.29 is 14.3 Å². The van der Waals surface area contributed by atoms with Gasteiger partial charge in [0.05, 0.1) is 19.4 Å². The van der Waals surface area contributed by atoms with E-state index < -0.39 is 0 Å². The van der Waals surface area contributed by atoms with E-state index in [2.05, 4.69) is 10.5 Å². The summed E-state index contributed by atoms with van der Waals surface area (Å²) in [5.74, 6) is 0.521. The number of nitrogens with zero attached hydrogens (tertiary/aromatic N) is 1. The molecule has 0 atom stereocenters. The van der Waals surface area contributed by atoms with Gasteiger partial charge in [-0.05, 0) is 42.8 Å². The van der Waals surface area contributed by atoms with Gasteiger partial charge >= 0.3 is 0 Å². The Bertz CT molecular complexity index is 697. The number of ether oxygens (including phenoxy) is 2. The van der Waals surface area contributed by atoms with Gasteiger partial charge in [-0.15, -0.1) is 0 Å². The molecule has 0 spiro atoms. The Morgan fingerprint density at radius 2 is 1.83 bits per heavy atom. The average molecular weight is 312 g/mol. The van der Waals surface area contributed by atoms with E-state index in [-0.39, 0.29) is 5.91 Å². The molecule has 0 aliphatic heterocycles. The Morgan fingerprint density at radius 1 is 1.09 bits per heavy atom. The third kappa shape index (κ3) is 4.40. The molecule has 5 nitrogen and oxygen atoms in total. The van der Waals surface area contributed by atoms with Gasteiger partial charge in [0, 0.05) is 18.2 Å². The highest BCUT2D eigenvalue weighted by Gasteiger charge is 2.07. The van der Waals surface area contributed by atoms with Crippen LogP contribution >= 0.6 is 0 Å². The molecule has 2 aromatic carbocycles. The van der Waals surface area contributed by atoms with E-state index in [9.17, 15) is 4.79 Å². The van der Waals surface area contributed by atoms with Crippen molar-refractivity contribution in [2.24, 2.45) is 5.10 Å². The van der Waals surface area contributed by atoms with Crippen molar-refractivity contribution >= 4 is 11.6 Å². The fraction of sp³-hybridized carbons (Fsp3) is 0.222.